The molecule has 1 amide bonds. The molecule has 1 aliphatic heterocycles. The van der Waals surface area contributed by atoms with E-state index in [-0.39, 0.29) is 16.3 Å². The molecule has 2 aromatic heterocycles. The van der Waals surface area contributed by atoms with Gasteiger partial charge in [-0.3, -0.25) is 9.78 Å². The minimum atomic E-state index is -3.91. The molecule has 7 nitrogen and oxygen atoms in total. The second kappa shape index (κ2) is 8.10. The van der Waals surface area contributed by atoms with Crippen molar-refractivity contribution in [1.29, 1.82) is 0 Å². The smallest absolute Gasteiger partial charge is 0.272 e. The minimum Gasteiger partial charge on any atom is -0.345 e. The van der Waals surface area contributed by atoms with Gasteiger partial charge in [0.25, 0.3) is 5.91 Å². The average Bonchev–Trinajstić information content (AvgIpc) is 3.02. The van der Waals surface area contributed by atoms with Gasteiger partial charge in [-0.1, -0.05) is 6.07 Å². The Kier molecular flexibility index (Phi) is 5.59. The first-order valence-electron chi connectivity index (χ1n) is 9.95. The Morgan fingerprint density at radius 1 is 1.28 bits per heavy atom. The highest BCUT2D eigenvalue weighted by Gasteiger charge is 2.38. The molecule has 0 spiro atoms. The van der Waals surface area contributed by atoms with Gasteiger partial charge in [0.1, 0.15) is 10.6 Å². The Bertz CT molecular complexity index is 1290. The van der Waals surface area contributed by atoms with Crippen LogP contribution in [-0.4, -0.2) is 29.4 Å². The number of benzene rings is 1. The maximum atomic E-state index is 13.5. The number of aryl methyl sites for hydroxylation is 1. The normalized spacial score (nSPS) is 19.8. The van der Waals surface area contributed by atoms with Crippen LogP contribution in [0, 0.1) is 11.6 Å². The Morgan fingerprint density at radius 2 is 2.06 bits per heavy atom. The number of anilines is 1. The molecule has 0 saturated heterocycles. The predicted molar refractivity (Wildman–Crippen MR) is 115 cm³/mol. The number of amides is 1. The van der Waals surface area contributed by atoms with Crippen LogP contribution in [0.4, 0.5) is 14.5 Å². The molecule has 2 N–H and O–H groups in total. The van der Waals surface area contributed by atoms with E-state index >= 15 is 0 Å². The quantitative estimate of drug-likeness (QED) is 0.626. The number of nitrogens with one attached hydrogen (secondary N) is 2. The summed E-state index contributed by atoms with van der Waals surface area (Å²) in [4.78, 5) is 17.1. The zero-order valence-electron chi connectivity index (χ0n) is 17.5. The summed E-state index contributed by atoms with van der Waals surface area (Å²) >= 11 is 0. The van der Waals surface area contributed by atoms with Gasteiger partial charge in [0.05, 0.1) is 0 Å². The molecular weight excluding hydrogens is 438 g/mol. The lowest BCUT2D eigenvalue weighted by atomic mass is 9.88. The predicted octanol–water partition coefficient (Wildman–Crippen LogP) is 3.18. The van der Waals surface area contributed by atoms with E-state index < -0.39 is 33.1 Å². The standard InChI is InChI=1S/C22H22F2N4O3S/c1-22(11-14-4-3-9-25-12-14)8-7-16-19(32(30,31)27-22)13-28(2)20(16)21(29)26-15-5-6-17(23)18(24)10-15/h3-6,9-10,12-13,27H,7-8,11H2,1-2H3,(H,26,29). The van der Waals surface area contributed by atoms with Crippen molar-refractivity contribution in [2.45, 2.75) is 36.6 Å². The topological polar surface area (TPSA) is 93.1 Å². The summed E-state index contributed by atoms with van der Waals surface area (Å²) in [5.74, 6) is -2.72. The molecule has 10 heteroatoms. The van der Waals surface area contributed by atoms with Crippen molar-refractivity contribution in [3.8, 4) is 0 Å². The fourth-order valence-electron chi connectivity index (χ4n) is 4.09. The lowest BCUT2D eigenvalue weighted by molar-refractivity contribution is 0.101. The Morgan fingerprint density at radius 3 is 2.75 bits per heavy atom. The van der Waals surface area contributed by atoms with E-state index in [2.05, 4.69) is 15.0 Å². The first-order valence-corrected chi connectivity index (χ1v) is 11.4. The van der Waals surface area contributed by atoms with Crippen LogP contribution in [0.15, 0.2) is 53.8 Å². The average molecular weight is 461 g/mol. The van der Waals surface area contributed by atoms with E-state index in [4.69, 9.17) is 0 Å². The van der Waals surface area contributed by atoms with Crippen LogP contribution < -0.4 is 10.0 Å². The van der Waals surface area contributed by atoms with Gasteiger partial charge < -0.3 is 9.88 Å². The number of hydrogen-bond acceptors (Lipinski definition) is 4. The van der Waals surface area contributed by atoms with E-state index in [1.54, 1.807) is 25.5 Å². The number of nitrogens with zero attached hydrogens (tertiary/aromatic N) is 2. The molecule has 1 aliphatic rings. The van der Waals surface area contributed by atoms with Gasteiger partial charge in [0.2, 0.25) is 10.0 Å². The molecule has 1 unspecified atom stereocenters. The third-order valence-electron chi connectivity index (χ3n) is 5.55. The maximum absolute atomic E-state index is 13.5. The first kappa shape index (κ1) is 22.1. The second-order valence-electron chi connectivity index (χ2n) is 8.22. The number of fused-ring (bicyclic) bond motifs is 1. The maximum Gasteiger partial charge on any atom is 0.272 e. The summed E-state index contributed by atoms with van der Waals surface area (Å²) < 4.78 is 57.3. The van der Waals surface area contributed by atoms with Crippen molar-refractivity contribution in [2.24, 2.45) is 7.05 Å². The highest BCUT2D eigenvalue weighted by atomic mass is 32.2. The van der Waals surface area contributed by atoms with Crippen LogP contribution in [-0.2, 0) is 29.9 Å². The van der Waals surface area contributed by atoms with Crippen LogP contribution in [0.1, 0.15) is 35.0 Å². The van der Waals surface area contributed by atoms with Gasteiger partial charge in [0.15, 0.2) is 11.6 Å². The summed E-state index contributed by atoms with van der Waals surface area (Å²) in [7, 11) is -2.34. The van der Waals surface area contributed by atoms with Gasteiger partial charge in [0, 0.05) is 48.5 Å². The summed E-state index contributed by atoms with van der Waals surface area (Å²) in [5.41, 5.74) is 0.719. The third-order valence-corrected chi connectivity index (χ3v) is 7.25. The van der Waals surface area contributed by atoms with Crippen LogP contribution in [0.25, 0.3) is 0 Å². The van der Waals surface area contributed by atoms with Gasteiger partial charge in [-0.2, -0.15) is 0 Å². The molecule has 0 saturated carbocycles. The molecule has 0 aliphatic carbocycles. The number of carbonyl (C=O) groups excluding carboxylic acids is 1. The number of pyridine rings is 1. The minimum absolute atomic E-state index is 0.0327. The number of carbonyl (C=O) groups is 1. The van der Waals surface area contributed by atoms with E-state index in [0.717, 1.165) is 17.7 Å². The van der Waals surface area contributed by atoms with Gasteiger partial charge in [-0.05, 0) is 49.9 Å². The molecule has 3 aromatic rings. The molecule has 0 bridgehead atoms. The van der Waals surface area contributed by atoms with E-state index in [1.807, 2.05) is 13.0 Å². The van der Waals surface area contributed by atoms with Crippen molar-refractivity contribution in [2.75, 3.05) is 5.32 Å². The van der Waals surface area contributed by atoms with E-state index in [1.165, 1.54) is 16.8 Å². The molecule has 3 heterocycles. The molecule has 168 valence electrons. The fraction of sp³-hybridized carbons (Fsp3) is 0.273. The Labute approximate surface area is 184 Å². The molecule has 0 fully saturated rings. The number of aromatic nitrogens is 2. The Hall–Kier alpha value is -3.11. The van der Waals surface area contributed by atoms with Crippen LogP contribution in [0.2, 0.25) is 0 Å². The summed E-state index contributed by atoms with van der Waals surface area (Å²) in [6.45, 7) is 1.82. The van der Waals surface area contributed by atoms with Crippen molar-refractivity contribution in [3.63, 3.8) is 0 Å². The zero-order chi connectivity index (χ0) is 23.1. The summed E-state index contributed by atoms with van der Waals surface area (Å²) in [6, 6.07) is 6.69. The first-order chi connectivity index (χ1) is 15.1. The largest absolute Gasteiger partial charge is 0.345 e. The lowest BCUT2D eigenvalue weighted by Crippen LogP contribution is -2.46. The van der Waals surface area contributed by atoms with Gasteiger partial charge >= 0.3 is 0 Å². The molecule has 1 atom stereocenters. The molecule has 32 heavy (non-hydrogen) atoms. The van der Waals surface area contributed by atoms with Crippen LogP contribution >= 0.6 is 0 Å². The highest BCUT2D eigenvalue weighted by molar-refractivity contribution is 7.89. The second-order valence-corrected chi connectivity index (χ2v) is 9.87. The van der Waals surface area contributed by atoms with Crippen molar-refractivity contribution >= 4 is 21.6 Å². The summed E-state index contributed by atoms with van der Waals surface area (Å²) in [5, 5.41) is 2.52. The van der Waals surface area contributed by atoms with Crippen molar-refractivity contribution < 1.29 is 22.0 Å². The SMILES string of the molecule is Cn1cc2c(c1C(=O)Nc1ccc(F)c(F)c1)CCC(C)(Cc1cccnc1)NS2(=O)=O. The number of rotatable bonds is 4. The highest BCUT2D eigenvalue weighted by Crippen LogP contribution is 2.32. The summed E-state index contributed by atoms with van der Waals surface area (Å²) in [6.07, 6.45) is 5.96. The molecular formula is C22H22F2N4O3S. The fourth-order valence-corrected chi connectivity index (χ4v) is 5.84. The number of hydrogen-bond donors (Lipinski definition) is 2. The zero-order valence-corrected chi connectivity index (χ0v) is 18.3. The van der Waals surface area contributed by atoms with Crippen LogP contribution in [0.3, 0.4) is 0 Å². The molecule has 0 radical (unpaired) electrons. The van der Waals surface area contributed by atoms with Gasteiger partial charge in [-0.25, -0.2) is 21.9 Å². The van der Waals surface area contributed by atoms with Crippen molar-refractivity contribution in [3.05, 3.63) is 77.4 Å². The molecule has 1 aromatic carbocycles. The monoisotopic (exact) mass is 460 g/mol. The third kappa shape index (κ3) is 4.28. The lowest BCUT2D eigenvalue weighted by Gasteiger charge is -2.28. The van der Waals surface area contributed by atoms with E-state index in [0.29, 0.717) is 24.8 Å². The Balaban J connectivity index is 1.66. The number of sulfonamides is 1. The molecule has 4 rings (SSSR count). The number of halogens is 2. The van der Waals surface area contributed by atoms with Gasteiger partial charge in [-0.15, -0.1) is 0 Å². The van der Waals surface area contributed by atoms with Crippen LogP contribution in [0.5, 0.6) is 0 Å². The van der Waals surface area contributed by atoms with Crippen molar-refractivity contribution in [1.82, 2.24) is 14.3 Å². The van der Waals surface area contributed by atoms with E-state index in [9.17, 15) is 22.0 Å².